The van der Waals surface area contributed by atoms with Gasteiger partial charge in [-0.2, -0.15) is 0 Å². The van der Waals surface area contributed by atoms with Crippen LogP contribution < -0.4 is 15.5 Å². The van der Waals surface area contributed by atoms with E-state index in [2.05, 4.69) is 39.3 Å². The van der Waals surface area contributed by atoms with E-state index in [-0.39, 0.29) is 0 Å². The van der Waals surface area contributed by atoms with Crippen LogP contribution in [0.15, 0.2) is 12.4 Å². The third kappa shape index (κ3) is 3.06. The molecule has 5 heteroatoms. The molecule has 94 valence electrons. The van der Waals surface area contributed by atoms with Crippen molar-refractivity contribution in [3.63, 3.8) is 0 Å². The monoisotopic (exact) mass is 235 g/mol. The van der Waals surface area contributed by atoms with Crippen molar-refractivity contribution in [3.05, 3.63) is 12.4 Å². The molecule has 1 unspecified atom stereocenters. The van der Waals surface area contributed by atoms with Crippen LogP contribution in [0.4, 0.5) is 11.6 Å². The molecule has 2 heterocycles. The first kappa shape index (κ1) is 12.1. The van der Waals surface area contributed by atoms with Crippen molar-refractivity contribution in [2.24, 2.45) is 0 Å². The van der Waals surface area contributed by atoms with Gasteiger partial charge in [0, 0.05) is 31.2 Å². The predicted octanol–water partition coefficient (Wildman–Crippen LogP) is 1.09. The van der Waals surface area contributed by atoms with E-state index in [0.29, 0.717) is 12.1 Å². The second-order valence-corrected chi connectivity index (χ2v) is 4.78. The van der Waals surface area contributed by atoms with Gasteiger partial charge in [-0.05, 0) is 27.3 Å². The average molecular weight is 235 g/mol. The number of rotatable bonds is 4. The Hall–Kier alpha value is -1.36. The Balaban J connectivity index is 2.06. The molecular weight excluding hydrogens is 214 g/mol. The number of hydrogen-bond donors (Lipinski definition) is 2. The predicted molar refractivity (Wildman–Crippen MR) is 70.5 cm³/mol. The van der Waals surface area contributed by atoms with E-state index in [1.54, 1.807) is 6.33 Å². The van der Waals surface area contributed by atoms with Crippen LogP contribution in [0.5, 0.6) is 0 Å². The zero-order valence-electron chi connectivity index (χ0n) is 10.8. The lowest BCUT2D eigenvalue weighted by atomic mass is 10.3. The molecule has 0 amide bonds. The van der Waals surface area contributed by atoms with Crippen LogP contribution in [-0.2, 0) is 0 Å². The largest absolute Gasteiger partial charge is 0.368 e. The molecule has 0 aromatic carbocycles. The Morgan fingerprint density at radius 3 is 2.88 bits per heavy atom. The fourth-order valence-corrected chi connectivity index (χ4v) is 2.10. The van der Waals surface area contributed by atoms with E-state index in [0.717, 1.165) is 24.7 Å². The second-order valence-electron chi connectivity index (χ2n) is 4.78. The number of nitrogens with zero attached hydrogens (tertiary/aromatic N) is 3. The molecule has 2 rings (SSSR count). The molecule has 5 nitrogen and oxygen atoms in total. The summed E-state index contributed by atoms with van der Waals surface area (Å²) in [6.45, 7) is 6.29. The van der Waals surface area contributed by atoms with Gasteiger partial charge in [0.2, 0.25) is 0 Å². The topological polar surface area (TPSA) is 53.1 Å². The van der Waals surface area contributed by atoms with Crippen LogP contribution in [-0.4, -0.2) is 42.2 Å². The Morgan fingerprint density at radius 2 is 2.24 bits per heavy atom. The standard InChI is InChI=1S/C12H21N5/c1-9(2)16-11-6-12(15-8-14-11)17-5-4-10(7-17)13-3/h6,8-10,13H,4-5,7H2,1-3H3,(H,14,15,16). The van der Waals surface area contributed by atoms with Crippen molar-refractivity contribution in [2.45, 2.75) is 32.4 Å². The smallest absolute Gasteiger partial charge is 0.134 e. The van der Waals surface area contributed by atoms with Crippen molar-refractivity contribution in [1.29, 1.82) is 0 Å². The Bertz CT molecular complexity index is 366. The molecule has 1 fully saturated rings. The van der Waals surface area contributed by atoms with E-state index >= 15 is 0 Å². The minimum absolute atomic E-state index is 0.390. The van der Waals surface area contributed by atoms with Crippen molar-refractivity contribution >= 4 is 11.6 Å². The molecular formula is C12H21N5. The fourth-order valence-electron chi connectivity index (χ4n) is 2.10. The van der Waals surface area contributed by atoms with Gasteiger partial charge < -0.3 is 15.5 Å². The van der Waals surface area contributed by atoms with E-state index in [9.17, 15) is 0 Å². The molecule has 0 spiro atoms. The van der Waals surface area contributed by atoms with Gasteiger partial charge in [0.25, 0.3) is 0 Å². The lowest BCUT2D eigenvalue weighted by molar-refractivity contribution is 0.616. The maximum atomic E-state index is 4.34. The van der Waals surface area contributed by atoms with Gasteiger partial charge in [0.1, 0.15) is 18.0 Å². The third-order valence-electron chi connectivity index (χ3n) is 3.01. The minimum atomic E-state index is 0.390. The minimum Gasteiger partial charge on any atom is -0.368 e. The number of hydrogen-bond acceptors (Lipinski definition) is 5. The van der Waals surface area contributed by atoms with Crippen LogP contribution >= 0.6 is 0 Å². The van der Waals surface area contributed by atoms with Gasteiger partial charge in [-0.25, -0.2) is 9.97 Å². The highest BCUT2D eigenvalue weighted by Crippen LogP contribution is 2.19. The van der Waals surface area contributed by atoms with E-state index in [4.69, 9.17) is 0 Å². The van der Waals surface area contributed by atoms with Gasteiger partial charge in [0.15, 0.2) is 0 Å². The van der Waals surface area contributed by atoms with Gasteiger partial charge in [-0.3, -0.25) is 0 Å². The first-order valence-corrected chi connectivity index (χ1v) is 6.20. The van der Waals surface area contributed by atoms with Crippen molar-refractivity contribution in [3.8, 4) is 0 Å². The van der Waals surface area contributed by atoms with Crippen molar-refractivity contribution in [2.75, 3.05) is 30.4 Å². The average Bonchev–Trinajstić information content (AvgIpc) is 2.77. The molecule has 1 aliphatic rings. The van der Waals surface area contributed by atoms with Gasteiger partial charge in [0.05, 0.1) is 0 Å². The van der Waals surface area contributed by atoms with Crippen LogP contribution in [0, 0.1) is 0 Å². The summed E-state index contributed by atoms with van der Waals surface area (Å²) < 4.78 is 0. The van der Waals surface area contributed by atoms with Crippen LogP contribution in [0.1, 0.15) is 20.3 Å². The highest BCUT2D eigenvalue weighted by Gasteiger charge is 2.22. The highest BCUT2D eigenvalue weighted by molar-refractivity contribution is 5.49. The van der Waals surface area contributed by atoms with Crippen LogP contribution in [0.25, 0.3) is 0 Å². The molecule has 1 saturated heterocycles. The summed E-state index contributed by atoms with van der Waals surface area (Å²) >= 11 is 0. The summed E-state index contributed by atoms with van der Waals surface area (Å²) in [5, 5.41) is 6.61. The molecule has 2 N–H and O–H groups in total. The number of anilines is 2. The first-order valence-electron chi connectivity index (χ1n) is 6.20. The van der Waals surface area contributed by atoms with Crippen molar-refractivity contribution < 1.29 is 0 Å². The Labute approximate surface area is 103 Å². The Morgan fingerprint density at radius 1 is 1.41 bits per heavy atom. The normalized spacial score (nSPS) is 20.0. The van der Waals surface area contributed by atoms with Gasteiger partial charge >= 0.3 is 0 Å². The zero-order valence-corrected chi connectivity index (χ0v) is 10.8. The summed E-state index contributed by atoms with van der Waals surface area (Å²) in [4.78, 5) is 10.9. The Kier molecular flexibility index (Phi) is 3.78. The second kappa shape index (κ2) is 5.31. The summed E-state index contributed by atoms with van der Waals surface area (Å²) in [6, 6.07) is 2.99. The first-order chi connectivity index (χ1) is 8.19. The van der Waals surface area contributed by atoms with E-state index in [1.807, 2.05) is 13.1 Å². The number of nitrogens with one attached hydrogen (secondary N) is 2. The summed E-state index contributed by atoms with van der Waals surface area (Å²) in [6.07, 6.45) is 2.81. The molecule has 0 aliphatic carbocycles. The highest BCUT2D eigenvalue weighted by atomic mass is 15.2. The number of likely N-dealkylation sites (N-methyl/N-ethyl adjacent to an activating group) is 1. The molecule has 1 aromatic heterocycles. The molecule has 1 aromatic rings. The zero-order chi connectivity index (χ0) is 12.3. The maximum absolute atomic E-state index is 4.34. The summed E-state index contributed by atoms with van der Waals surface area (Å²) in [5.74, 6) is 1.92. The van der Waals surface area contributed by atoms with E-state index in [1.165, 1.54) is 6.42 Å². The van der Waals surface area contributed by atoms with Crippen LogP contribution in [0.2, 0.25) is 0 Å². The number of aromatic nitrogens is 2. The van der Waals surface area contributed by atoms with Gasteiger partial charge in [-0.1, -0.05) is 0 Å². The molecule has 1 atom stereocenters. The summed E-state index contributed by atoms with van der Waals surface area (Å²) in [5.41, 5.74) is 0. The third-order valence-corrected chi connectivity index (χ3v) is 3.01. The van der Waals surface area contributed by atoms with Gasteiger partial charge in [-0.15, -0.1) is 0 Å². The molecule has 17 heavy (non-hydrogen) atoms. The fraction of sp³-hybridized carbons (Fsp3) is 0.667. The summed E-state index contributed by atoms with van der Waals surface area (Å²) in [7, 11) is 2.01. The molecule has 1 aliphatic heterocycles. The van der Waals surface area contributed by atoms with E-state index < -0.39 is 0 Å². The van der Waals surface area contributed by atoms with Crippen LogP contribution in [0.3, 0.4) is 0 Å². The lowest BCUT2D eigenvalue weighted by Gasteiger charge is -2.18. The lowest BCUT2D eigenvalue weighted by Crippen LogP contribution is -2.30. The van der Waals surface area contributed by atoms with Crippen molar-refractivity contribution in [1.82, 2.24) is 15.3 Å². The molecule has 0 radical (unpaired) electrons. The quantitative estimate of drug-likeness (QED) is 0.818. The molecule has 0 saturated carbocycles. The maximum Gasteiger partial charge on any atom is 0.134 e. The molecule has 0 bridgehead atoms. The SMILES string of the molecule is CNC1CCN(c2cc(NC(C)C)ncn2)C1.